The van der Waals surface area contributed by atoms with E-state index in [2.05, 4.69) is 21.2 Å². The maximum atomic E-state index is 13.7. The number of halogens is 2. The largest absolute Gasteiger partial charge is 0.319 e. The summed E-state index contributed by atoms with van der Waals surface area (Å²) in [6.45, 7) is 3.69. The van der Waals surface area contributed by atoms with Crippen LogP contribution >= 0.6 is 15.9 Å². The van der Waals surface area contributed by atoms with E-state index < -0.39 is 5.82 Å². The third-order valence-corrected chi connectivity index (χ3v) is 3.86. The van der Waals surface area contributed by atoms with E-state index in [1.807, 2.05) is 13.0 Å². The van der Waals surface area contributed by atoms with Crippen LogP contribution in [0.5, 0.6) is 0 Å². The highest BCUT2D eigenvalue weighted by Gasteiger charge is 2.13. The lowest BCUT2D eigenvalue weighted by molar-refractivity contribution is 0.102. The van der Waals surface area contributed by atoms with Crippen molar-refractivity contribution in [3.8, 4) is 0 Å². The SMILES string of the molecule is Cc1ccc(NC(=O)c2cccc(C)c2Br)c(F)c1. The lowest BCUT2D eigenvalue weighted by Crippen LogP contribution is -2.14. The van der Waals surface area contributed by atoms with Crippen molar-refractivity contribution in [2.75, 3.05) is 5.32 Å². The van der Waals surface area contributed by atoms with Crippen molar-refractivity contribution >= 4 is 27.5 Å². The van der Waals surface area contributed by atoms with E-state index in [0.29, 0.717) is 5.56 Å². The van der Waals surface area contributed by atoms with Crippen molar-refractivity contribution in [1.82, 2.24) is 0 Å². The first kappa shape index (κ1) is 13.7. The molecule has 19 heavy (non-hydrogen) atoms. The van der Waals surface area contributed by atoms with Gasteiger partial charge < -0.3 is 5.32 Å². The van der Waals surface area contributed by atoms with Gasteiger partial charge in [-0.1, -0.05) is 18.2 Å². The number of hydrogen-bond donors (Lipinski definition) is 1. The van der Waals surface area contributed by atoms with Gasteiger partial charge in [-0.25, -0.2) is 4.39 Å². The van der Waals surface area contributed by atoms with Crippen molar-refractivity contribution < 1.29 is 9.18 Å². The van der Waals surface area contributed by atoms with Crippen molar-refractivity contribution in [2.24, 2.45) is 0 Å². The summed E-state index contributed by atoms with van der Waals surface area (Å²) in [6, 6.07) is 10.1. The molecule has 0 saturated carbocycles. The summed E-state index contributed by atoms with van der Waals surface area (Å²) in [4.78, 5) is 12.1. The molecule has 2 aromatic rings. The highest BCUT2D eigenvalue weighted by atomic mass is 79.9. The van der Waals surface area contributed by atoms with Gasteiger partial charge in [0.1, 0.15) is 5.82 Å². The van der Waals surface area contributed by atoms with E-state index in [4.69, 9.17) is 0 Å². The molecule has 0 fully saturated rings. The number of nitrogens with one attached hydrogen (secondary N) is 1. The average Bonchev–Trinajstić information content (AvgIpc) is 2.36. The Labute approximate surface area is 119 Å². The smallest absolute Gasteiger partial charge is 0.256 e. The molecule has 98 valence electrons. The first-order valence-corrected chi connectivity index (χ1v) is 6.61. The number of anilines is 1. The predicted octanol–water partition coefficient (Wildman–Crippen LogP) is 4.46. The lowest BCUT2D eigenvalue weighted by atomic mass is 10.1. The fourth-order valence-electron chi connectivity index (χ4n) is 1.73. The van der Waals surface area contributed by atoms with Gasteiger partial charge in [0.2, 0.25) is 0 Å². The minimum absolute atomic E-state index is 0.184. The lowest BCUT2D eigenvalue weighted by Gasteiger charge is -2.09. The number of rotatable bonds is 2. The molecule has 0 atom stereocenters. The molecular weight excluding hydrogens is 309 g/mol. The van der Waals surface area contributed by atoms with Crippen LogP contribution < -0.4 is 5.32 Å². The predicted molar refractivity (Wildman–Crippen MR) is 78.0 cm³/mol. The number of hydrogen-bond acceptors (Lipinski definition) is 1. The number of benzene rings is 2. The van der Waals surface area contributed by atoms with Gasteiger partial charge in [0, 0.05) is 4.47 Å². The van der Waals surface area contributed by atoms with Crippen LogP contribution in [0.3, 0.4) is 0 Å². The second kappa shape index (κ2) is 5.53. The average molecular weight is 322 g/mol. The zero-order valence-corrected chi connectivity index (χ0v) is 12.2. The summed E-state index contributed by atoms with van der Waals surface area (Å²) >= 11 is 3.37. The van der Waals surface area contributed by atoms with E-state index in [0.717, 1.165) is 15.6 Å². The summed E-state index contributed by atoms with van der Waals surface area (Å²) in [7, 11) is 0. The van der Waals surface area contributed by atoms with Crippen LogP contribution in [0.4, 0.5) is 10.1 Å². The van der Waals surface area contributed by atoms with E-state index in [-0.39, 0.29) is 11.6 Å². The molecule has 0 aliphatic rings. The summed E-state index contributed by atoms with van der Waals surface area (Å²) in [5, 5.41) is 2.58. The highest BCUT2D eigenvalue weighted by molar-refractivity contribution is 9.10. The van der Waals surface area contributed by atoms with Crippen LogP contribution in [0.2, 0.25) is 0 Å². The molecule has 0 saturated heterocycles. The molecular formula is C15H13BrFNO. The van der Waals surface area contributed by atoms with Crippen molar-refractivity contribution in [3.05, 3.63) is 63.4 Å². The molecule has 0 spiro atoms. The van der Waals surface area contributed by atoms with Gasteiger partial charge in [-0.05, 0) is 59.1 Å². The van der Waals surface area contributed by atoms with Crippen LogP contribution in [0.15, 0.2) is 40.9 Å². The van der Waals surface area contributed by atoms with E-state index >= 15 is 0 Å². The van der Waals surface area contributed by atoms with Crippen LogP contribution in [0.25, 0.3) is 0 Å². The summed E-state index contributed by atoms with van der Waals surface area (Å²) < 4.78 is 14.4. The third kappa shape index (κ3) is 3.01. The minimum Gasteiger partial charge on any atom is -0.319 e. The number of carbonyl (C=O) groups is 1. The zero-order valence-electron chi connectivity index (χ0n) is 10.6. The Bertz CT molecular complexity index is 640. The Morgan fingerprint density at radius 1 is 1.21 bits per heavy atom. The van der Waals surface area contributed by atoms with Gasteiger partial charge in [0.05, 0.1) is 11.3 Å². The number of amides is 1. The van der Waals surface area contributed by atoms with E-state index in [9.17, 15) is 9.18 Å². The second-order valence-corrected chi connectivity index (χ2v) is 5.17. The summed E-state index contributed by atoms with van der Waals surface area (Å²) in [6.07, 6.45) is 0. The van der Waals surface area contributed by atoms with Gasteiger partial charge in [0.15, 0.2) is 0 Å². The number of carbonyl (C=O) groups excluding carboxylic acids is 1. The molecule has 0 heterocycles. The fourth-order valence-corrected chi connectivity index (χ4v) is 2.18. The number of aryl methyl sites for hydroxylation is 2. The second-order valence-electron chi connectivity index (χ2n) is 4.37. The van der Waals surface area contributed by atoms with Gasteiger partial charge in [-0.15, -0.1) is 0 Å². The molecule has 0 aliphatic heterocycles. The molecule has 1 N–H and O–H groups in total. The first-order valence-electron chi connectivity index (χ1n) is 5.81. The van der Waals surface area contributed by atoms with Gasteiger partial charge in [0.25, 0.3) is 5.91 Å². The Balaban J connectivity index is 2.28. The van der Waals surface area contributed by atoms with Gasteiger partial charge in [-0.2, -0.15) is 0 Å². The van der Waals surface area contributed by atoms with Crippen molar-refractivity contribution in [1.29, 1.82) is 0 Å². The minimum atomic E-state index is -0.433. The summed E-state index contributed by atoms with van der Waals surface area (Å²) in [5.41, 5.74) is 2.44. The maximum absolute atomic E-state index is 13.7. The van der Waals surface area contributed by atoms with Crippen LogP contribution in [0.1, 0.15) is 21.5 Å². The van der Waals surface area contributed by atoms with Crippen LogP contribution in [-0.4, -0.2) is 5.91 Å². The normalized spacial score (nSPS) is 10.3. The monoisotopic (exact) mass is 321 g/mol. The molecule has 2 nitrogen and oxygen atoms in total. The zero-order chi connectivity index (χ0) is 14.0. The molecule has 0 aliphatic carbocycles. The van der Waals surface area contributed by atoms with E-state index in [1.54, 1.807) is 31.2 Å². The highest BCUT2D eigenvalue weighted by Crippen LogP contribution is 2.23. The Morgan fingerprint density at radius 2 is 1.95 bits per heavy atom. The molecule has 0 aromatic heterocycles. The molecule has 0 radical (unpaired) electrons. The van der Waals surface area contributed by atoms with Crippen molar-refractivity contribution in [3.63, 3.8) is 0 Å². The fraction of sp³-hybridized carbons (Fsp3) is 0.133. The molecule has 0 unspecified atom stereocenters. The third-order valence-electron chi connectivity index (χ3n) is 2.81. The first-order chi connectivity index (χ1) is 8.99. The Hall–Kier alpha value is -1.68. The van der Waals surface area contributed by atoms with Gasteiger partial charge in [-0.3, -0.25) is 4.79 Å². The standard InChI is InChI=1S/C15H13BrFNO/c1-9-6-7-13(12(17)8-9)18-15(19)11-5-3-4-10(2)14(11)16/h3-8H,1-2H3,(H,18,19). The molecule has 1 amide bonds. The topological polar surface area (TPSA) is 29.1 Å². The summed E-state index contributed by atoms with van der Waals surface area (Å²) in [5.74, 6) is -0.768. The van der Waals surface area contributed by atoms with Crippen molar-refractivity contribution in [2.45, 2.75) is 13.8 Å². The van der Waals surface area contributed by atoms with Crippen LogP contribution in [0, 0.1) is 19.7 Å². The maximum Gasteiger partial charge on any atom is 0.256 e. The quantitative estimate of drug-likeness (QED) is 0.869. The Morgan fingerprint density at radius 3 is 2.63 bits per heavy atom. The van der Waals surface area contributed by atoms with Gasteiger partial charge >= 0.3 is 0 Å². The molecule has 2 rings (SSSR count). The Kier molecular flexibility index (Phi) is 4.00. The molecule has 2 aromatic carbocycles. The van der Waals surface area contributed by atoms with E-state index in [1.165, 1.54) is 6.07 Å². The molecule has 0 bridgehead atoms. The molecule has 4 heteroatoms. The van der Waals surface area contributed by atoms with Crippen LogP contribution in [-0.2, 0) is 0 Å².